The smallest absolute Gasteiger partial charge is 0.251 e. The van der Waals surface area contributed by atoms with Crippen molar-refractivity contribution in [3.63, 3.8) is 0 Å². The van der Waals surface area contributed by atoms with Crippen molar-refractivity contribution in [1.29, 1.82) is 0 Å². The number of carbonyl (C=O) groups excluding carboxylic acids is 1. The Bertz CT molecular complexity index is 567. The SMILES string of the molecule is CC[C@@H](C)NC(=O)c1cc(S(=O)(=O)NC)ccc1C. The summed E-state index contributed by atoms with van der Waals surface area (Å²) >= 11 is 0. The van der Waals surface area contributed by atoms with Gasteiger partial charge in [0.2, 0.25) is 10.0 Å². The van der Waals surface area contributed by atoms with E-state index in [1.54, 1.807) is 13.0 Å². The first-order valence-corrected chi connectivity index (χ1v) is 7.65. The number of hydrogen-bond acceptors (Lipinski definition) is 3. The average Bonchev–Trinajstić information content (AvgIpc) is 2.38. The summed E-state index contributed by atoms with van der Waals surface area (Å²) in [6.07, 6.45) is 0.819. The minimum absolute atomic E-state index is 0.0523. The largest absolute Gasteiger partial charge is 0.350 e. The van der Waals surface area contributed by atoms with Crippen molar-refractivity contribution >= 4 is 15.9 Å². The molecule has 0 aliphatic carbocycles. The highest BCUT2D eigenvalue weighted by molar-refractivity contribution is 7.89. The van der Waals surface area contributed by atoms with Crippen LogP contribution in [0.5, 0.6) is 0 Å². The molecule has 0 aromatic heterocycles. The molecule has 0 heterocycles. The molecule has 0 bridgehead atoms. The molecule has 0 fully saturated rings. The standard InChI is InChI=1S/C13H20N2O3S/c1-5-10(3)15-13(16)12-8-11(7-6-9(12)2)19(17,18)14-4/h6-8,10,14H,5H2,1-4H3,(H,15,16)/t10-/m1/s1. The number of amides is 1. The number of hydrogen-bond donors (Lipinski definition) is 2. The number of nitrogens with one attached hydrogen (secondary N) is 2. The number of sulfonamides is 1. The Balaban J connectivity index is 3.15. The Morgan fingerprint density at radius 1 is 1.37 bits per heavy atom. The number of carbonyl (C=O) groups is 1. The Kier molecular flexibility index (Phi) is 5.08. The highest BCUT2D eigenvalue weighted by Crippen LogP contribution is 2.15. The van der Waals surface area contributed by atoms with Crippen molar-refractivity contribution in [2.75, 3.05) is 7.05 Å². The number of benzene rings is 1. The molecule has 0 spiro atoms. The summed E-state index contributed by atoms with van der Waals surface area (Å²) in [6.45, 7) is 5.66. The zero-order valence-corrected chi connectivity index (χ0v) is 12.5. The van der Waals surface area contributed by atoms with E-state index in [9.17, 15) is 13.2 Å². The quantitative estimate of drug-likeness (QED) is 0.859. The normalized spacial score (nSPS) is 13.1. The third-order valence-corrected chi connectivity index (χ3v) is 4.43. The van der Waals surface area contributed by atoms with Crippen molar-refractivity contribution in [2.24, 2.45) is 0 Å². The molecular weight excluding hydrogens is 264 g/mol. The molecule has 0 saturated heterocycles. The molecule has 106 valence electrons. The lowest BCUT2D eigenvalue weighted by Crippen LogP contribution is -2.32. The Morgan fingerprint density at radius 3 is 2.53 bits per heavy atom. The van der Waals surface area contributed by atoms with Crippen LogP contribution in [-0.4, -0.2) is 27.4 Å². The van der Waals surface area contributed by atoms with Gasteiger partial charge < -0.3 is 5.32 Å². The van der Waals surface area contributed by atoms with Gasteiger partial charge in [0.05, 0.1) is 4.90 Å². The molecule has 1 aromatic rings. The summed E-state index contributed by atoms with van der Waals surface area (Å²) in [7, 11) is -2.19. The molecule has 6 heteroatoms. The molecule has 19 heavy (non-hydrogen) atoms. The van der Waals surface area contributed by atoms with E-state index >= 15 is 0 Å². The van der Waals surface area contributed by atoms with E-state index in [1.165, 1.54) is 19.2 Å². The van der Waals surface area contributed by atoms with E-state index < -0.39 is 10.0 Å². The van der Waals surface area contributed by atoms with Gasteiger partial charge >= 0.3 is 0 Å². The van der Waals surface area contributed by atoms with E-state index in [-0.39, 0.29) is 16.8 Å². The summed E-state index contributed by atoms with van der Waals surface area (Å²) in [5.74, 6) is -0.250. The van der Waals surface area contributed by atoms with Crippen LogP contribution in [0.2, 0.25) is 0 Å². The number of aryl methyl sites for hydroxylation is 1. The zero-order valence-electron chi connectivity index (χ0n) is 11.6. The molecule has 1 rings (SSSR count). The molecule has 2 N–H and O–H groups in total. The molecule has 5 nitrogen and oxygen atoms in total. The third-order valence-electron chi connectivity index (χ3n) is 3.02. The van der Waals surface area contributed by atoms with Gasteiger partial charge in [-0.1, -0.05) is 13.0 Å². The van der Waals surface area contributed by atoms with Crippen LogP contribution >= 0.6 is 0 Å². The van der Waals surface area contributed by atoms with Crippen LogP contribution in [-0.2, 0) is 10.0 Å². The second kappa shape index (κ2) is 6.16. The molecule has 0 saturated carbocycles. The lowest BCUT2D eigenvalue weighted by molar-refractivity contribution is 0.0938. The van der Waals surface area contributed by atoms with Gasteiger partial charge in [0.25, 0.3) is 5.91 Å². The molecule has 0 aliphatic heterocycles. The van der Waals surface area contributed by atoms with Gasteiger partial charge in [-0.15, -0.1) is 0 Å². The topological polar surface area (TPSA) is 75.3 Å². The van der Waals surface area contributed by atoms with Crippen molar-refractivity contribution < 1.29 is 13.2 Å². The minimum Gasteiger partial charge on any atom is -0.350 e. The molecule has 1 amide bonds. The molecule has 0 unspecified atom stereocenters. The van der Waals surface area contributed by atoms with Crippen LogP contribution in [0.4, 0.5) is 0 Å². The monoisotopic (exact) mass is 284 g/mol. The average molecular weight is 284 g/mol. The summed E-state index contributed by atoms with van der Waals surface area (Å²) in [5.41, 5.74) is 1.13. The summed E-state index contributed by atoms with van der Waals surface area (Å²) in [4.78, 5) is 12.2. The van der Waals surface area contributed by atoms with Crippen LogP contribution in [0.1, 0.15) is 36.2 Å². The van der Waals surface area contributed by atoms with E-state index in [0.717, 1.165) is 12.0 Å². The predicted molar refractivity (Wildman–Crippen MR) is 74.6 cm³/mol. The van der Waals surface area contributed by atoms with Crippen molar-refractivity contribution in [2.45, 2.75) is 38.1 Å². The summed E-state index contributed by atoms with van der Waals surface area (Å²) < 4.78 is 25.7. The molecule has 0 radical (unpaired) electrons. The zero-order chi connectivity index (χ0) is 14.6. The van der Waals surface area contributed by atoms with Gasteiger partial charge in [-0.2, -0.15) is 0 Å². The Labute approximate surface area is 114 Å². The maximum absolute atomic E-state index is 12.1. The molecular formula is C13H20N2O3S. The number of rotatable bonds is 5. The van der Waals surface area contributed by atoms with Crippen LogP contribution in [0, 0.1) is 6.92 Å². The van der Waals surface area contributed by atoms with Crippen LogP contribution < -0.4 is 10.0 Å². The predicted octanol–water partition coefficient (Wildman–Crippen LogP) is 1.43. The summed E-state index contributed by atoms with van der Waals surface area (Å²) in [5, 5.41) is 2.83. The van der Waals surface area contributed by atoms with Gasteiger partial charge in [-0.05, 0) is 45.0 Å². The first-order chi connectivity index (χ1) is 8.81. The van der Waals surface area contributed by atoms with Gasteiger partial charge in [0, 0.05) is 11.6 Å². The van der Waals surface area contributed by atoms with E-state index in [2.05, 4.69) is 10.0 Å². The first-order valence-electron chi connectivity index (χ1n) is 6.17. The fraction of sp³-hybridized carbons (Fsp3) is 0.462. The van der Waals surface area contributed by atoms with Crippen molar-refractivity contribution in [1.82, 2.24) is 10.0 Å². The van der Waals surface area contributed by atoms with E-state index in [0.29, 0.717) is 5.56 Å². The Hall–Kier alpha value is -1.40. The molecule has 1 aromatic carbocycles. The molecule has 0 aliphatic rings. The lowest BCUT2D eigenvalue weighted by Gasteiger charge is -2.13. The van der Waals surface area contributed by atoms with Gasteiger partial charge in [0.15, 0.2) is 0 Å². The second-order valence-corrected chi connectivity index (χ2v) is 6.35. The highest BCUT2D eigenvalue weighted by Gasteiger charge is 2.17. The second-order valence-electron chi connectivity index (χ2n) is 4.47. The van der Waals surface area contributed by atoms with Crippen molar-refractivity contribution in [3.8, 4) is 0 Å². The van der Waals surface area contributed by atoms with Crippen LogP contribution in [0.25, 0.3) is 0 Å². The maximum Gasteiger partial charge on any atom is 0.251 e. The van der Waals surface area contributed by atoms with Crippen LogP contribution in [0.3, 0.4) is 0 Å². The Morgan fingerprint density at radius 2 is 2.00 bits per heavy atom. The van der Waals surface area contributed by atoms with E-state index in [4.69, 9.17) is 0 Å². The fourth-order valence-corrected chi connectivity index (χ4v) is 2.29. The van der Waals surface area contributed by atoms with Gasteiger partial charge in [-0.25, -0.2) is 13.1 Å². The fourth-order valence-electron chi connectivity index (χ4n) is 1.53. The maximum atomic E-state index is 12.1. The van der Waals surface area contributed by atoms with E-state index in [1.807, 2.05) is 13.8 Å². The molecule has 1 atom stereocenters. The lowest BCUT2D eigenvalue weighted by atomic mass is 10.1. The first kappa shape index (κ1) is 15.7. The minimum atomic E-state index is -3.54. The van der Waals surface area contributed by atoms with Gasteiger partial charge in [0.1, 0.15) is 0 Å². The summed E-state index contributed by atoms with van der Waals surface area (Å²) in [6, 6.07) is 4.58. The highest BCUT2D eigenvalue weighted by atomic mass is 32.2. The van der Waals surface area contributed by atoms with Crippen molar-refractivity contribution in [3.05, 3.63) is 29.3 Å². The third kappa shape index (κ3) is 3.78. The van der Waals surface area contributed by atoms with Crippen LogP contribution in [0.15, 0.2) is 23.1 Å². The van der Waals surface area contributed by atoms with Gasteiger partial charge in [-0.3, -0.25) is 4.79 Å².